The van der Waals surface area contributed by atoms with Crippen molar-refractivity contribution in [3.63, 3.8) is 0 Å². The van der Waals surface area contributed by atoms with E-state index < -0.39 is 0 Å². The quantitative estimate of drug-likeness (QED) is 0.873. The van der Waals surface area contributed by atoms with Crippen LogP contribution in [0.1, 0.15) is 17.4 Å². The SMILES string of the molecule is CNC(c1ncc(Br)cc1Br)c1c(OC)cnn1C. The maximum atomic E-state index is 5.36. The van der Waals surface area contributed by atoms with E-state index in [1.807, 2.05) is 20.2 Å². The average molecular weight is 390 g/mol. The van der Waals surface area contributed by atoms with Crippen LogP contribution in [0.4, 0.5) is 0 Å². The summed E-state index contributed by atoms with van der Waals surface area (Å²) in [6.07, 6.45) is 3.47. The topological polar surface area (TPSA) is 52.0 Å². The summed E-state index contributed by atoms with van der Waals surface area (Å²) in [5, 5.41) is 7.48. The lowest BCUT2D eigenvalue weighted by molar-refractivity contribution is 0.402. The molecule has 1 atom stereocenters. The van der Waals surface area contributed by atoms with Gasteiger partial charge in [0, 0.05) is 22.2 Å². The monoisotopic (exact) mass is 388 g/mol. The Labute approximate surface area is 128 Å². The predicted octanol–water partition coefficient (Wildman–Crippen LogP) is 2.66. The molecule has 1 N–H and O–H groups in total. The summed E-state index contributed by atoms with van der Waals surface area (Å²) in [5.41, 5.74) is 1.81. The lowest BCUT2D eigenvalue weighted by Gasteiger charge is -2.18. The van der Waals surface area contributed by atoms with Gasteiger partial charge in [0.1, 0.15) is 5.69 Å². The Balaban J connectivity index is 2.52. The van der Waals surface area contributed by atoms with Crippen LogP contribution in [0.2, 0.25) is 0 Å². The first-order valence-electron chi connectivity index (χ1n) is 5.62. The standard InChI is InChI=1S/C12H14Br2N4O/c1-15-11(10-8(14)4-7(13)5-16-10)12-9(19-3)6-17-18(12)2/h4-6,11,15H,1-3H3. The van der Waals surface area contributed by atoms with E-state index in [-0.39, 0.29) is 6.04 Å². The zero-order chi connectivity index (χ0) is 14.0. The number of pyridine rings is 1. The van der Waals surface area contributed by atoms with Gasteiger partial charge in [0.2, 0.25) is 0 Å². The van der Waals surface area contributed by atoms with Crippen molar-refractivity contribution in [2.75, 3.05) is 14.2 Å². The number of halogens is 2. The highest BCUT2D eigenvalue weighted by molar-refractivity contribution is 9.11. The number of nitrogens with one attached hydrogen (secondary N) is 1. The van der Waals surface area contributed by atoms with E-state index in [1.54, 1.807) is 24.2 Å². The third-order valence-corrected chi connectivity index (χ3v) is 3.91. The molecule has 0 spiro atoms. The maximum Gasteiger partial charge on any atom is 0.161 e. The van der Waals surface area contributed by atoms with Crippen LogP contribution in [0.5, 0.6) is 5.75 Å². The van der Waals surface area contributed by atoms with E-state index in [0.29, 0.717) is 0 Å². The molecule has 0 aromatic carbocycles. The largest absolute Gasteiger partial charge is 0.493 e. The fourth-order valence-electron chi connectivity index (χ4n) is 1.95. The number of hydrogen-bond acceptors (Lipinski definition) is 4. The Kier molecular flexibility index (Phi) is 4.59. The number of nitrogens with zero attached hydrogens (tertiary/aromatic N) is 3. The summed E-state index contributed by atoms with van der Waals surface area (Å²) in [7, 11) is 5.40. The van der Waals surface area contributed by atoms with E-state index in [9.17, 15) is 0 Å². The Morgan fingerprint density at radius 2 is 2.11 bits per heavy atom. The van der Waals surface area contributed by atoms with E-state index in [4.69, 9.17) is 4.74 Å². The number of aryl methyl sites for hydroxylation is 1. The van der Waals surface area contributed by atoms with Gasteiger partial charge in [-0.05, 0) is 45.0 Å². The summed E-state index contributed by atoms with van der Waals surface area (Å²) in [6, 6.07) is 1.86. The minimum Gasteiger partial charge on any atom is -0.493 e. The minimum absolute atomic E-state index is 0.107. The summed E-state index contributed by atoms with van der Waals surface area (Å²) in [5.74, 6) is 0.735. The number of aromatic nitrogens is 3. The first-order chi connectivity index (χ1) is 9.08. The molecule has 7 heteroatoms. The lowest BCUT2D eigenvalue weighted by Crippen LogP contribution is -2.22. The molecule has 0 aliphatic rings. The van der Waals surface area contributed by atoms with E-state index >= 15 is 0 Å². The number of hydrogen-bond donors (Lipinski definition) is 1. The summed E-state index contributed by atoms with van der Waals surface area (Å²) in [6.45, 7) is 0. The number of rotatable bonds is 4. The highest BCUT2D eigenvalue weighted by Crippen LogP contribution is 2.32. The van der Waals surface area contributed by atoms with Crippen LogP contribution in [0.3, 0.4) is 0 Å². The van der Waals surface area contributed by atoms with Crippen molar-refractivity contribution in [1.82, 2.24) is 20.1 Å². The van der Waals surface area contributed by atoms with Crippen LogP contribution < -0.4 is 10.1 Å². The van der Waals surface area contributed by atoms with Gasteiger partial charge < -0.3 is 10.1 Å². The fourth-order valence-corrected chi connectivity index (χ4v) is 3.17. The zero-order valence-corrected chi connectivity index (χ0v) is 14.0. The molecule has 0 fully saturated rings. The van der Waals surface area contributed by atoms with Crippen molar-refractivity contribution in [2.24, 2.45) is 7.05 Å². The van der Waals surface area contributed by atoms with Crippen molar-refractivity contribution in [3.05, 3.63) is 38.8 Å². The van der Waals surface area contributed by atoms with Gasteiger partial charge >= 0.3 is 0 Å². The van der Waals surface area contributed by atoms with E-state index in [1.165, 1.54) is 0 Å². The molecule has 2 heterocycles. The first-order valence-corrected chi connectivity index (χ1v) is 7.21. The van der Waals surface area contributed by atoms with Gasteiger partial charge in [-0.25, -0.2) is 0 Å². The van der Waals surface area contributed by atoms with Crippen LogP contribution in [0, 0.1) is 0 Å². The second kappa shape index (κ2) is 6.02. The summed E-state index contributed by atoms with van der Waals surface area (Å²) in [4.78, 5) is 4.47. The van der Waals surface area contributed by atoms with Crippen LogP contribution in [-0.4, -0.2) is 28.9 Å². The Morgan fingerprint density at radius 1 is 1.37 bits per heavy atom. The molecule has 2 rings (SSSR count). The molecule has 0 radical (unpaired) electrons. The highest BCUT2D eigenvalue weighted by atomic mass is 79.9. The van der Waals surface area contributed by atoms with Crippen LogP contribution >= 0.6 is 31.9 Å². The fraction of sp³-hybridized carbons (Fsp3) is 0.333. The first kappa shape index (κ1) is 14.5. The molecule has 19 heavy (non-hydrogen) atoms. The number of methoxy groups -OCH3 is 1. The zero-order valence-electron chi connectivity index (χ0n) is 10.8. The molecule has 2 aromatic heterocycles. The molecule has 0 bridgehead atoms. The minimum atomic E-state index is -0.107. The van der Waals surface area contributed by atoms with Gasteiger partial charge in [-0.3, -0.25) is 9.67 Å². The van der Waals surface area contributed by atoms with Crippen molar-refractivity contribution in [2.45, 2.75) is 6.04 Å². The summed E-state index contributed by atoms with van der Waals surface area (Å²) >= 11 is 6.95. The van der Waals surface area contributed by atoms with Gasteiger partial charge in [0.05, 0.1) is 25.0 Å². The van der Waals surface area contributed by atoms with Gasteiger partial charge in [-0.1, -0.05) is 0 Å². The Hall–Kier alpha value is -0.920. The molecule has 0 aliphatic heterocycles. The second-order valence-electron chi connectivity index (χ2n) is 3.96. The van der Waals surface area contributed by atoms with Gasteiger partial charge in [-0.2, -0.15) is 5.10 Å². The molecule has 2 aromatic rings. The van der Waals surface area contributed by atoms with Gasteiger partial charge in [0.25, 0.3) is 0 Å². The maximum absolute atomic E-state index is 5.36. The molecule has 102 valence electrons. The lowest BCUT2D eigenvalue weighted by atomic mass is 10.1. The normalized spacial score (nSPS) is 12.5. The van der Waals surface area contributed by atoms with Crippen LogP contribution in [0.25, 0.3) is 0 Å². The molecule has 5 nitrogen and oxygen atoms in total. The van der Waals surface area contributed by atoms with Gasteiger partial charge in [0.15, 0.2) is 5.75 Å². The van der Waals surface area contributed by atoms with E-state index in [2.05, 4.69) is 47.3 Å². The molecule has 0 aliphatic carbocycles. The van der Waals surface area contributed by atoms with Crippen molar-refractivity contribution >= 4 is 31.9 Å². The van der Waals surface area contributed by atoms with Crippen LogP contribution in [-0.2, 0) is 7.05 Å². The third kappa shape index (κ3) is 2.82. The second-order valence-corrected chi connectivity index (χ2v) is 5.73. The van der Waals surface area contributed by atoms with Crippen molar-refractivity contribution in [3.8, 4) is 5.75 Å². The molecule has 0 saturated carbocycles. The highest BCUT2D eigenvalue weighted by Gasteiger charge is 2.24. The number of ether oxygens (including phenoxy) is 1. The predicted molar refractivity (Wildman–Crippen MR) is 80.3 cm³/mol. The third-order valence-electron chi connectivity index (χ3n) is 2.84. The van der Waals surface area contributed by atoms with Crippen molar-refractivity contribution < 1.29 is 4.74 Å². The average Bonchev–Trinajstić information content (AvgIpc) is 2.74. The molecule has 0 saturated heterocycles. The molecule has 1 unspecified atom stereocenters. The van der Waals surface area contributed by atoms with Gasteiger partial charge in [-0.15, -0.1) is 0 Å². The Morgan fingerprint density at radius 3 is 2.68 bits per heavy atom. The van der Waals surface area contributed by atoms with E-state index in [0.717, 1.165) is 26.1 Å². The Bertz CT molecular complexity index is 585. The molecular weight excluding hydrogens is 376 g/mol. The van der Waals surface area contributed by atoms with Crippen molar-refractivity contribution in [1.29, 1.82) is 0 Å². The smallest absolute Gasteiger partial charge is 0.161 e. The summed E-state index contributed by atoms with van der Waals surface area (Å²) < 4.78 is 8.99. The molecule has 0 amide bonds. The molecular formula is C12H14Br2N4O. The van der Waals surface area contributed by atoms with Crippen LogP contribution in [0.15, 0.2) is 27.4 Å².